The van der Waals surface area contributed by atoms with Crippen LogP contribution >= 0.6 is 15.6 Å². The van der Waals surface area contributed by atoms with E-state index in [1.807, 2.05) is 0 Å². The fraction of sp³-hybridized carbons (Fsp3) is 1.00. The molecule has 1 aliphatic rings. The van der Waals surface area contributed by atoms with Gasteiger partial charge in [0.15, 0.2) is 0 Å². The summed E-state index contributed by atoms with van der Waals surface area (Å²) in [7, 11) is -10.1. The number of hydrogen-bond acceptors (Lipinski definition) is 9. The zero-order chi connectivity index (χ0) is 15.1. The van der Waals surface area contributed by atoms with E-state index in [0.29, 0.717) is 0 Å². The number of hydrogen-bond donors (Lipinski definition) is 6. The maximum atomic E-state index is 10.1. The minimum atomic E-state index is -5.05. The lowest BCUT2D eigenvalue weighted by Gasteiger charge is -2.24. The van der Waals surface area contributed by atoms with Gasteiger partial charge in [-0.05, 0) is 12.8 Å². The Hall–Kier alpha value is 0.1000. The van der Waals surface area contributed by atoms with Gasteiger partial charge in [0.05, 0.1) is 0 Å². The smallest absolute Gasteiger partial charge is 0.326 e. The topological polar surface area (TPSA) is 195 Å². The molecule has 11 nitrogen and oxygen atoms in total. The van der Waals surface area contributed by atoms with E-state index < -0.39 is 15.6 Å². The van der Waals surface area contributed by atoms with Gasteiger partial charge in [0.1, 0.15) is 0 Å². The molecule has 0 radical (unpaired) electrons. The van der Waals surface area contributed by atoms with Crippen molar-refractivity contribution < 1.29 is 43.1 Å². The lowest BCUT2D eigenvalue weighted by atomic mass is 9.92. The highest BCUT2D eigenvalue weighted by Crippen LogP contribution is 2.59. The van der Waals surface area contributed by atoms with Crippen LogP contribution in [0.1, 0.15) is 25.7 Å². The van der Waals surface area contributed by atoms with E-state index in [1.165, 1.54) is 12.8 Å². The zero-order valence-electron chi connectivity index (χ0n) is 9.86. The molecule has 1 saturated carbocycles. The van der Waals surface area contributed by atoms with E-state index in [-0.39, 0.29) is 12.1 Å². The van der Waals surface area contributed by atoms with Gasteiger partial charge in [-0.2, -0.15) is 4.31 Å². The molecular formula is C6H18N2O9P2. The van der Waals surface area contributed by atoms with Crippen LogP contribution in [0.5, 0.6) is 0 Å². The Balaban J connectivity index is 0.000000356. The number of phosphoric acid groups is 2. The predicted octanol–water partition coefficient (Wildman–Crippen LogP) is 0.398. The van der Waals surface area contributed by atoms with Gasteiger partial charge in [0, 0.05) is 12.1 Å². The highest BCUT2D eigenvalue weighted by atomic mass is 31.3. The SMILES string of the molecule is N[C@@H]1CCCC[C@H]1N.O=P(O)(OO)OP(=O)(O)OO. The zero-order valence-corrected chi connectivity index (χ0v) is 11.7. The minimum absolute atomic E-state index is 0.281. The Morgan fingerprint density at radius 1 is 0.895 bits per heavy atom. The molecule has 0 saturated heterocycles. The maximum absolute atomic E-state index is 10.1. The molecule has 116 valence electrons. The number of rotatable bonds is 4. The third-order valence-electron chi connectivity index (χ3n) is 2.29. The Morgan fingerprint density at radius 3 is 1.42 bits per heavy atom. The van der Waals surface area contributed by atoms with Crippen molar-refractivity contribution in [1.82, 2.24) is 0 Å². The predicted molar refractivity (Wildman–Crippen MR) is 62.6 cm³/mol. The molecule has 0 aromatic rings. The van der Waals surface area contributed by atoms with Crippen molar-refractivity contribution >= 4 is 15.6 Å². The van der Waals surface area contributed by atoms with Crippen LogP contribution in [-0.4, -0.2) is 32.4 Å². The first-order valence-electron chi connectivity index (χ1n) is 5.18. The molecule has 1 fully saturated rings. The summed E-state index contributed by atoms with van der Waals surface area (Å²) in [4.78, 5) is 16.3. The third-order valence-corrected chi connectivity index (χ3v) is 4.35. The van der Waals surface area contributed by atoms with Crippen LogP contribution in [0.25, 0.3) is 0 Å². The molecule has 19 heavy (non-hydrogen) atoms. The summed E-state index contributed by atoms with van der Waals surface area (Å²) < 4.78 is 28.9. The quantitative estimate of drug-likeness (QED) is 0.238. The Bertz CT molecular complexity index is 322. The summed E-state index contributed by atoms with van der Waals surface area (Å²) in [5.74, 6) is 0. The van der Waals surface area contributed by atoms with E-state index >= 15 is 0 Å². The van der Waals surface area contributed by atoms with Gasteiger partial charge in [-0.1, -0.05) is 12.8 Å². The van der Waals surface area contributed by atoms with Crippen LogP contribution in [0.2, 0.25) is 0 Å². The third kappa shape index (κ3) is 8.79. The van der Waals surface area contributed by atoms with Crippen LogP contribution in [0.3, 0.4) is 0 Å². The first-order valence-corrected chi connectivity index (χ1v) is 8.17. The summed E-state index contributed by atoms with van der Waals surface area (Å²) >= 11 is 0. The van der Waals surface area contributed by atoms with Gasteiger partial charge in [0.2, 0.25) is 0 Å². The molecule has 4 atom stereocenters. The molecule has 0 aromatic carbocycles. The molecule has 1 rings (SSSR count). The molecule has 1 aliphatic carbocycles. The van der Waals surface area contributed by atoms with Crippen molar-refractivity contribution in [1.29, 1.82) is 0 Å². The van der Waals surface area contributed by atoms with Crippen LogP contribution in [-0.2, 0) is 22.8 Å². The Morgan fingerprint density at radius 2 is 1.21 bits per heavy atom. The Kier molecular flexibility index (Phi) is 8.45. The summed E-state index contributed by atoms with van der Waals surface area (Å²) in [6.45, 7) is 0. The molecule has 13 heteroatoms. The molecule has 0 amide bonds. The molecule has 2 unspecified atom stereocenters. The second kappa shape index (κ2) is 8.40. The fourth-order valence-electron chi connectivity index (χ4n) is 1.35. The van der Waals surface area contributed by atoms with Crippen molar-refractivity contribution in [2.45, 2.75) is 37.8 Å². The van der Waals surface area contributed by atoms with E-state index in [9.17, 15) is 9.13 Å². The highest BCUT2D eigenvalue weighted by Gasteiger charge is 2.35. The molecular weight excluding hydrogens is 306 g/mol. The minimum Gasteiger partial charge on any atom is -0.326 e. The first-order chi connectivity index (χ1) is 8.63. The summed E-state index contributed by atoms with van der Waals surface area (Å²) in [6, 6.07) is 0.562. The lowest BCUT2D eigenvalue weighted by molar-refractivity contribution is -0.173. The summed E-state index contributed by atoms with van der Waals surface area (Å²) in [6.07, 6.45) is 4.80. The van der Waals surface area contributed by atoms with Crippen molar-refractivity contribution in [3.8, 4) is 0 Å². The van der Waals surface area contributed by atoms with E-state index in [1.54, 1.807) is 0 Å². The van der Waals surface area contributed by atoms with E-state index in [4.69, 9.17) is 31.8 Å². The van der Waals surface area contributed by atoms with E-state index in [2.05, 4.69) is 13.7 Å². The van der Waals surface area contributed by atoms with Gasteiger partial charge < -0.3 is 21.3 Å². The van der Waals surface area contributed by atoms with Crippen LogP contribution in [0, 0.1) is 0 Å². The van der Waals surface area contributed by atoms with Crippen molar-refractivity contribution in [2.75, 3.05) is 0 Å². The lowest BCUT2D eigenvalue weighted by Crippen LogP contribution is -2.43. The van der Waals surface area contributed by atoms with Crippen molar-refractivity contribution in [3.05, 3.63) is 0 Å². The van der Waals surface area contributed by atoms with Gasteiger partial charge in [-0.15, -0.1) is 9.35 Å². The second-order valence-corrected chi connectivity index (χ2v) is 6.65. The fourth-order valence-corrected chi connectivity index (χ4v) is 2.63. The van der Waals surface area contributed by atoms with Crippen molar-refractivity contribution in [2.24, 2.45) is 11.5 Å². The van der Waals surface area contributed by atoms with Gasteiger partial charge in [0.25, 0.3) is 0 Å². The Labute approximate surface area is 109 Å². The van der Waals surface area contributed by atoms with Crippen molar-refractivity contribution in [3.63, 3.8) is 0 Å². The second-order valence-electron chi connectivity index (χ2n) is 3.79. The van der Waals surface area contributed by atoms with Crippen LogP contribution < -0.4 is 11.5 Å². The van der Waals surface area contributed by atoms with Crippen LogP contribution in [0.4, 0.5) is 0 Å². The summed E-state index contributed by atoms with van der Waals surface area (Å²) in [5, 5.41) is 15.1. The largest absolute Gasteiger partial charge is 0.508 e. The number of nitrogens with two attached hydrogens (primary N) is 2. The average molecular weight is 324 g/mol. The molecule has 0 aliphatic heterocycles. The van der Waals surface area contributed by atoms with Crippen LogP contribution in [0.15, 0.2) is 0 Å². The summed E-state index contributed by atoms with van der Waals surface area (Å²) in [5.41, 5.74) is 11.3. The molecule has 0 bridgehead atoms. The molecule has 0 heterocycles. The van der Waals surface area contributed by atoms with Gasteiger partial charge in [-0.3, -0.25) is 0 Å². The molecule has 8 N–H and O–H groups in total. The van der Waals surface area contributed by atoms with E-state index in [0.717, 1.165) is 12.8 Å². The van der Waals surface area contributed by atoms with Gasteiger partial charge >= 0.3 is 15.6 Å². The van der Waals surface area contributed by atoms with Gasteiger partial charge in [-0.25, -0.2) is 19.6 Å². The standard InChI is InChI=1S/C6H14N2.H4O9P2/c7-5-3-1-2-4-6(5)8;1-7-10(3,4)9-11(5,6)8-2/h5-6H,1-4,7-8H2;1-2H,(H,3,4)(H,5,6)/t5-,6-;/m1./s1. The average Bonchev–Trinajstić information content (AvgIpc) is 2.33. The normalized spacial score (nSPS) is 29.6. The maximum Gasteiger partial charge on any atom is 0.508 e. The molecule has 0 aromatic heterocycles. The first kappa shape index (κ1) is 19.1. The monoisotopic (exact) mass is 324 g/mol. The highest BCUT2D eigenvalue weighted by molar-refractivity contribution is 7.61. The molecule has 0 spiro atoms.